The van der Waals surface area contributed by atoms with Crippen molar-refractivity contribution in [2.24, 2.45) is 0 Å². The Morgan fingerprint density at radius 1 is 1.36 bits per heavy atom. The Labute approximate surface area is 130 Å². The third-order valence-electron chi connectivity index (χ3n) is 3.79. The Balaban J connectivity index is 1.79. The minimum Gasteiger partial charge on any atom is -0.368 e. The monoisotopic (exact) mass is 302 g/mol. The number of piperazine rings is 1. The smallest absolute Gasteiger partial charge is 0.243 e. The molecule has 1 aromatic heterocycles. The summed E-state index contributed by atoms with van der Waals surface area (Å²) in [6.07, 6.45) is 5.19. The van der Waals surface area contributed by atoms with Gasteiger partial charge in [-0.15, -0.1) is 0 Å². The highest BCUT2D eigenvalue weighted by atomic mass is 16.2. The van der Waals surface area contributed by atoms with Crippen molar-refractivity contribution in [1.29, 1.82) is 0 Å². The molecule has 2 amide bonds. The van der Waals surface area contributed by atoms with Crippen molar-refractivity contribution in [2.45, 2.75) is 13.3 Å². The third-order valence-corrected chi connectivity index (χ3v) is 3.79. The van der Waals surface area contributed by atoms with Crippen molar-refractivity contribution in [3.63, 3.8) is 0 Å². The number of hydrogen-bond donors (Lipinski definition) is 1. The number of aryl methyl sites for hydroxylation is 1. The Kier molecular flexibility index (Phi) is 5.52. The van der Waals surface area contributed by atoms with E-state index in [1.807, 2.05) is 24.1 Å². The topological polar surface area (TPSA) is 65.5 Å². The van der Waals surface area contributed by atoms with Crippen LogP contribution in [0.2, 0.25) is 0 Å². The number of nitrogens with one attached hydrogen (secondary N) is 1. The molecule has 0 aliphatic carbocycles. The molecule has 1 aromatic rings. The average molecular weight is 302 g/mol. The molecular weight excluding hydrogens is 280 g/mol. The molecule has 0 atom stereocenters. The molecule has 2 heterocycles. The van der Waals surface area contributed by atoms with Crippen LogP contribution in [0.5, 0.6) is 0 Å². The average Bonchev–Trinajstić information content (AvgIpc) is 2.55. The number of anilines is 1. The van der Waals surface area contributed by atoms with Gasteiger partial charge >= 0.3 is 0 Å². The van der Waals surface area contributed by atoms with E-state index in [2.05, 4.69) is 21.8 Å². The van der Waals surface area contributed by atoms with Crippen LogP contribution in [-0.2, 0) is 9.59 Å². The lowest BCUT2D eigenvalue weighted by Gasteiger charge is -2.36. The molecule has 22 heavy (non-hydrogen) atoms. The number of aromatic nitrogens is 1. The summed E-state index contributed by atoms with van der Waals surface area (Å²) in [4.78, 5) is 31.4. The van der Waals surface area contributed by atoms with Gasteiger partial charge in [-0.2, -0.15) is 0 Å². The zero-order valence-corrected chi connectivity index (χ0v) is 12.9. The first kappa shape index (κ1) is 16.0. The van der Waals surface area contributed by atoms with E-state index in [1.54, 1.807) is 6.20 Å². The van der Waals surface area contributed by atoms with Crippen molar-refractivity contribution in [3.8, 4) is 0 Å². The van der Waals surface area contributed by atoms with Crippen molar-refractivity contribution >= 4 is 17.5 Å². The highest BCUT2D eigenvalue weighted by molar-refractivity contribution is 5.87. The van der Waals surface area contributed by atoms with E-state index in [-0.39, 0.29) is 11.8 Å². The highest BCUT2D eigenvalue weighted by Gasteiger charge is 2.21. The molecule has 0 spiro atoms. The summed E-state index contributed by atoms with van der Waals surface area (Å²) in [5.41, 5.74) is 2.33. The Morgan fingerprint density at radius 2 is 2.09 bits per heavy atom. The summed E-state index contributed by atoms with van der Waals surface area (Å²) in [5.74, 6) is -0.166. The summed E-state index contributed by atoms with van der Waals surface area (Å²) in [7, 11) is 0. The van der Waals surface area contributed by atoms with E-state index < -0.39 is 0 Å². The summed E-state index contributed by atoms with van der Waals surface area (Å²) >= 11 is 0. The van der Waals surface area contributed by atoms with E-state index in [0.717, 1.165) is 18.7 Å². The van der Waals surface area contributed by atoms with E-state index in [1.165, 1.54) is 11.8 Å². The number of hydrogen-bond acceptors (Lipinski definition) is 4. The first-order chi connectivity index (χ1) is 10.6. The van der Waals surface area contributed by atoms with Crippen molar-refractivity contribution in [2.75, 3.05) is 37.6 Å². The van der Waals surface area contributed by atoms with E-state index in [9.17, 15) is 9.59 Å². The van der Waals surface area contributed by atoms with Gasteiger partial charge < -0.3 is 15.1 Å². The summed E-state index contributed by atoms with van der Waals surface area (Å²) in [5, 5.41) is 2.62. The molecule has 1 aliphatic heterocycles. The van der Waals surface area contributed by atoms with E-state index in [4.69, 9.17) is 0 Å². The lowest BCUT2D eigenvalue weighted by atomic mass is 10.2. The number of carbonyl (C=O) groups excluding carboxylic acids is 2. The van der Waals surface area contributed by atoms with Crippen molar-refractivity contribution < 1.29 is 9.59 Å². The minimum absolute atomic E-state index is 0.0791. The van der Waals surface area contributed by atoms with Gasteiger partial charge in [0.25, 0.3) is 0 Å². The SMILES string of the molecule is C=CC(=O)NCCC(=O)N1CCN(c2ccncc2C)CC1. The molecule has 1 saturated heterocycles. The zero-order valence-electron chi connectivity index (χ0n) is 12.9. The molecule has 1 fully saturated rings. The summed E-state index contributed by atoms with van der Waals surface area (Å²) in [6, 6.07) is 2.01. The van der Waals surface area contributed by atoms with Gasteiger partial charge in [-0.05, 0) is 24.6 Å². The van der Waals surface area contributed by atoms with E-state index in [0.29, 0.717) is 26.1 Å². The number of rotatable bonds is 5. The van der Waals surface area contributed by atoms with Gasteiger partial charge in [-0.1, -0.05) is 6.58 Å². The standard InChI is InChI=1S/C16H22N4O2/c1-3-15(21)18-7-5-16(22)20-10-8-19(9-11-20)14-4-6-17-12-13(14)2/h3-4,6,12H,1,5,7-11H2,2H3,(H,18,21). The predicted octanol–water partition coefficient (Wildman–Crippen LogP) is 0.731. The first-order valence-electron chi connectivity index (χ1n) is 7.45. The van der Waals surface area contributed by atoms with Crippen LogP contribution in [-0.4, -0.2) is 54.4 Å². The third kappa shape index (κ3) is 4.07. The molecule has 0 bridgehead atoms. The number of pyridine rings is 1. The number of nitrogens with zero attached hydrogens (tertiary/aromatic N) is 3. The minimum atomic E-state index is -0.245. The second-order valence-electron chi connectivity index (χ2n) is 5.28. The van der Waals surface area contributed by atoms with Crippen LogP contribution in [0, 0.1) is 6.92 Å². The van der Waals surface area contributed by atoms with Crippen LogP contribution in [0.3, 0.4) is 0 Å². The van der Waals surface area contributed by atoms with Gasteiger partial charge in [0.2, 0.25) is 11.8 Å². The predicted molar refractivity (Wildman–Crippen MR) is 85.6 cm³/mol. The number of amides is 2. The van der Waals surface area contributed by atoms with Gasteiger partial charge in [-0.25, -0.2) is 0 Å². The summed E-state index contributed by atoms with van der Waals surface area (Å²) in [6.45, 7) is 8.81. The van der Waals surface area contributed by atoms with Crippen molar-refractivity contribution in [3.05, 3.63) is 36.7 Å². The molecule has 6 nitrogen and oxygen atoms in total. The van der Waals surface area contributed by atoms with E-state index >= 15 is 0 Å². The van der Waals surface area contributed by atoms with Crippen LogP contribution >= 0.6 is 0 Å². The first-order valence-corrected chi connectivity index (χ1v) is 7.45. The van der Waals surface area contributed by atoms with Gasteiger partial charge in [-0.3, -0.25) is 14.6 Å². The van der Waals surface area contributed by atoms with Gasteiger partial charge in [0.05, 0.1) is 0 Å². The Morgan fingerprint density at radius 3 is 2.73 bits per heavy atom. The lowest BCUT2D eigenvalue weighted by molar-refractivity contribution is -0.131. The maximum absolute atomic E-state index is 12.1. The summed E-state index contributed by atoms with van der Waals surface area (Å²) < 4.78 is 0. The molecule has 1 N–H and O–H groups in total. The molecule has 0 unspecified atom stereocenters. The van der Waals surface area contributed by atoms with Gasteiger partial charge in [0.1, 0.15) is 0 Å². The van der Waals surface area contributed by atoms with Crippen LogP contribution in [0.25, 0.3) is 0 Å². The molecule has 0 saturated carbocycles. The van der Waals surface area contributed by atoms with Crippen LogP contribution < -0.4 is 10.2 Å². The van der Waals surface area contributed by atoms with Crippen LogP contribution in [0.4, 0.5) is 5.69 Å². The molecule has 2 rings (SSSR count). The molecule has 0 aromatic carbocycles. The molecule has 0 radical (unpaired) electrons. The van der Waals surface area contributed by atoms with Gasteiger partial charge in [0, 0.05) is 57.2 Å². The zero-order chi connectivity index (χ0) is 15.9. The fourth-order valence-electron chi connectivity index (χ4n) is 2.54. The molecule has 6 heteroatoms. The molecule has 118 valence electrons. The fraction of sp³-hybridized carbons (Fsp3) is 0.438. The van der Waals surface area contributed by atoms with Crippen LogP contribution in [0.1, 0.15) is 12.0 Å². The largest absolute Gasteiger partial charge is 0.368 e. The number of carbonyl (C=O) groups is 2. The Bertz CT molecular complexity index is 551. The maximum atomic E-state index is 12.1. The Hall–Kier alpha value is -2.37. The molecule has 1 aliphatic rings. The second kappa shape index (κ2) is 7.59. The van der Waals surface area contributed by atoms with Crippen molar-refractivity contribution in [1.82, 2.24) is 15.2 Å². The lowest BCUT2D eigenvalue weighted by Crippen LogP contribution is -2.49. The maximum Gasteiger partial charge on any atom is 0.243 e. The molecular formula is C16H22N4O2. The van der Waals surface area contributed by atoms with Gasteiger partial charge in [0.15, 0.2) is 0 Å². The normalized spacial score (nSPS) is 14.6. The van der Waals surface area contributed by atoms with Crippen LogP contribution in [0.15, 0.2) is 31.1 Å². The quantitative estimate of drug-likeness (QED) is 0.815. The fourth-order valence-corrected chi connectivity index (χ4v) is 2.54. The highest BCUT2D eigenvalue weighted by Crippen LogP contribution is 2.19. The second-order valence-corrected chi connectivity index (χ2v) is 5.28.